The molecule has 7 heteroatoms. The van der Waals surface area contributed by atoms with Gasteiger partial charge < -0.3 is 14.1 Å². The molecule has 1 heterocycles. The summed E-state index contributed by atoms with van der Waals surface area (Å²) in [6.45, 7) is 7.28. The minimum Gasteiger partial charge on any atom is -0.491 e. The second-order valence-electron chi connectivity index (χ2n) is 6.34. The Morgan fingerprint density at radius 2 is 1.90 bits per heavy atom. The van der Waals surface area contributed by atoms with E-state index in [1.54, 1.807) is 18.2 Å². The number of hydrogen-bond acceptors (Lipinski definition) is 6. The summed E-state index contributed by atoms with van der Waals surface area (Å²) in [5.74, 6) is 0.237. The number of nitrogens with zero attached hydrogens (tertiary/aromatic N) is 1. The maximum absolute atomic E-state index is 13.0. The zero-order valence-corrected chi connectivity index (χ0v) is 18.7. The van der Waals surface area contributed by atoms with E-state index in [4.69, 9.17) is 9.15 Å². The first-order chi connectivity index (χ1) is 14.0. The summed E-state index contributed by atoms with van der Waals surface area (Å²) in [5.41, 5.74) is 1.67. The molecule has 0 unspecified atom stereocenters. The monoisotopic (exact) mass is 475 g/mol. The lowest BCUT2D eigenvalue weighted by atomic mass is 10.1. The Labute approximate surface area is 181 Å². The largest absolute Gasteiger partial charge is 0.491 e. The number of fused-ring (bicyclic) bond motifs is 1. The fraction of sp³-hybridized carbons (Fsp3) is 0.273. The first-order valence-corrected chi connectivity index (χ1v) is 11.0. The molecule has 0 radical (unpaired) electrons. The lowest BCUT2D eigenvalue weighted by molar-refractivity contribution is 0.104. The van der Waals surface area contributed by atoms with Crippen LogP contribution >= 0.6 is 27.3 Å². The summed E-state index contributed by atoms with van der Waals surface area (Å²) >= 11 is 4.32. The van der Waals surface area contributed by atoms with Crippen LogP contribution in [0, 0.1) is 0 Å². The Morgan fingerprint density at radius 3 is 2.59 bits per heavy atom. The van der Waals surface area contributed by atoms with Gasteiger partial charge in [-0.05, 0) is 49.0 Å². The summed E-state index contributed by atoms with van der Waals surface area (Å²) in [7, 11) is 0. The van der Waals surface area contributed by atoms with Crippen LogP contribution in [0.4, 0.5) is 0 Å². The number of rotatable bonds is 9. The van der Waals surface area contributed by atoms with Crippen molar-refractivity contribution >= 4 is 49.4 Å². The highest BCUT2D eigenvalue weighted by Gasteiger charge is 2.19. The quantitative estimate of drug-likeness (QED) is 0.313. The molecule has 2 aromatic carbocycles. The first kappa shape index (κ1) is 21.5. The van der Waals surface area contributed by atoms with Crippen molar-refractivity contribution in [3.05, 3.63) is 67.8 Å². The Bertz CT molecular complexity index is 1060. The van der Waals surface area contributed by atoms with Gasteiger partial charge in [0.05, 0.1) is 10.3 Å². The van der Waals surface area contributed by atoms with Gasteiger partial charge in [-0.2, -0.15) is 0 Å². The number of carbonyl (C=O) groups is 1. The molecule has 0 saturated heterocycles. The molecular formula is C22H22BrNO4S. The van der Waals surface area contributed by atoms with Crippen LogP contribution in [0.1, 0.15) is 29.8 Å². The predicted molar refractivity (Wildman–Crippen MR) is 121 cm³/mol. The zero-order valence-electron chi connectivity index (χ0n) is 16.3. The van der Waals surface area contributed by atoms with Crippen LogP contribution in [-0.2, 0) is 0 Å². The third-order valence-corrected chi connectivity index (χ3v) is 5.95. The molecule has 0 N–H and O–H groups in total. The van der Waals surface area contributed by atoms with E-state index >= 15 is 0 Å². The maximum Gasteiger partial charge on any atom is 0.396 e. The molecule has 0 aliphatic carbocycles. The second-order valence-corrected chi connectivity index (χ2v) is 8.21. The van der Waals surface area contributed by atoms with E-state index in [-0.39, 0.29) is 5.78 Å². The molecule has 0 aliphatic rings. The second kappa shape index (κ2) is 10.0. The number of ketones is 1. The Balaban J connectivity index is 1.89. The van der Waals surface area contributed by atoms with E-state index in [9.17, 15) is 9.59 Å². The van der Waals surface area contributed by atoms with Gasteiger partial charge in [-0.3, -0.25) is 4.79 Å². The van der Waals surface area contributed by atoms with E-state index in [1.807, 2.05) is 24.3 Å². The van der Waals surface area contributed by atoms with Crippen molar-refractivity contribution < 1.29 is 13.9 Å². The highest BCUT2D eigenvalue weighted by Crippen LogP contribution is 2.31. The van der Waals surface area contributed by atoms with Crippen LogP contribution < -0.4 is 9.68 Å². The molecule has 5 nitrogen and oxygen atoms in total. The summed E-state index contributed by atoms with van der Waals surface area (Å²) in [6.07, 6.45) is 3.25. The normalized spacial score (nSPS) is 11.6. The highest BCUT2D eigenvalue weighted by atomic mass is 79.9. The molecule has 3 aromatic rings. The van der Waals surface area contributed by atoms with Crippen LogP contribution in [0.3, 0.4) is 0 Å². The number of ether oxygens (including phenoxy) is 1. The Hall–Kier alpha value is -2.22. The zero-order chi connectivity index (χ0) is 20.8. The SMILES string of the molecule is CCN(CC)CCOc1ccc2oc(=O)sc2c1C(=O)/C=C/c1ccc(Br)cc1. The van der Waals surface area contributed by atoms with E-state index in [0.29, 0.717) is 28.2 Å². The molecule has 0 spiro atoms. The number of benzene rings is 2. The van der Waals surface area contributed by atoms with Gasteiger partial charge in [0.15, 0.2) is 11.4 Å². The molecule has 0 fully saturated rings. The van der Waals surface area contributed by atoms with Crippen LogP contribution in [0.15, 0.2) is 56.2 Å². The van der Waals surface area contributed by atoms with E-state index in [2.05, 4.69) is 34.7 Å². The topological polar surface area (TPSA) is 59.8 Å². The van der Waals surface area contributed by atoms with Gasteiger partial charge in [0.1, 0.15) is 12.4 Å². The van der Waals surface area contributed by atoms with Crippen molar-refractivity contribution in [3.63, 3.8) is 0 Å². The fourth-order valence-electron chi connectivity index (χ4n) is 2.93. The molecule has 3 rings (SSSR count). The number of allylic oxidation sites excluding steroid dienone is 1. The number of hydrogen-bond donors (Lipinski definition) is 0. The van der Waals surface area contributed by atoms with Crippen molar-refractivity contribution in [2.45, 2.75) is 13.8 Å². The third-order valence-electron chi connectivity index (χ3n) is 4.57. The van der Waals surface area contributed by atoms with Gasteiger partial charge in [0.2, 0.25) is 0 Å². The minimum atomic E-state index is -0.439. The Kier molecular flexibility index (Phi) is 7.41. The molecule has 29 heavy (non-hydrogen) atoms. The molecule has 0 saturated carbocycles. The van der Waals surface area contributed by atoms with Crippen molar-refractivity contribution in [2.75, 3.05) is 26.2 Å². The maximum atomic E-state index is 13.0. The highest BCUT2D eigenvalue weighted by molar-refractivity contribution is 9.10. The first-order valence-electron chi connectivity index (χ1n) is 9.41. The molecule has 0 atom stereocenters. The molecule has 1 aromatic heterocycles. The van der Waals surface area contributed by atoms with Gasteiger partial charge in [-0.15, -0.1) is 0 Å². The Morgan fingerprint density at radius 1 is 1.17 bits per heavy atom. The van der Waals surface area contributed by atoms with Crippen LogP contribution in [0.2, 0.25) is 0 Å². The van der Waals surface area contributed by atoms with E-state index in [0.717, 1.165) is 41.0 Å². The molecule has 0 amide bonds. The summed E-state index contributed by atoms with van der Waals surface area (Å²) < 4.78 is 12.6. The van der Waals surface area contributed by atoms with Crippen molar-refractivity contribution in [1.82, 2.24) is 4.90 Å². The molecule has 0 aliphatic heterocycles. The predicted octanol–water partition coefficient (Wildman–Crippen LogP) is 5.23. The standard InChI is InChI=1S/C22H22BrNO4S/c1-3-24(4-2)13-14-27-18-11-12-19-21(29-22(26)28-19)20(18)17(25)10-7-15-5-8-16(23)9-6-15/h5-12H,3-4,13-14H2,1-2H3/b10-7+. The van der Waals surface area contributed by atoms with Crippen molar-refractivity contribution in [1.29, 1.82) is 0 Å². The number of halogens is 1. The number of carbonyl (C=O) groups excluding carboxylic acids is 1. The lowest BCUT2D eigenvalue weighted by Gasteiger charge is -2.18. The van der Waals surface area contributed by atoms with E-state index < -0.39 is 4.94 Å². The summed E-state index contributed by atoms with van der Waals surface area (Å²) in [5, 5.41) is 0. The van der Waals surface area contributed by atoms with Gasteiger partial charge in [-0.25, -0.2) is 4.79 Å². The van der Waals surface area contributed by atoms with Gasteiger partial charge in [-0.1, -0.05) is 59.3 Å². The van der Waals surface area contributed by atoms with E-state index in [1.165, 1.54) is 6.08 Å². The summed E-state index contributed by atoms with van der Waals surface area (Å²) in [6, 6.07) is 11.0. The van der Waals surface area contributed by atoms with Crippen molar-refractivity contribution in [2.24, 2.45) is 0 Å². The van der Waals surface area contributed by atoms with Gasteiger partial charge in [0, 0.05) is 11.0 Å². The average molecular weight is 476 g/mol. The lowest BCUT2D eigenvalue weighted by Crippen LogP contribution is -2.28. The minimum absolute atomic E-state index is 0.228. The summed E-state index contributed by atoms with van der Waals surface area (Å²) in [4.78, 5) is 26.6. The van der Waals surface area contributed by atoms with Gasteiger partial charge in [0.25, 0.3) is 0 Å². The molecular weight excluding hydrogens is 454 g/mol. The van der Waals surface area contributed by atoms with Gasteiger partial charge >= 0.3 is 4.94 Å². The smallest absolute Gasteiger partial charge is 0.396 e. The van der Waals surface area contributed by atoms with Crippen LogP contribution in [0.25, 0.3) is 16.4 Å². The fourth-order valence-corrected chi connectivity index (χ4v) is 4.00. The van der Waals surface area contributed by atoms with Crippen LogP contribution in [-0.4, -0.2) is 36.9 Å². The number of likely N-dealkylation sites (N-methyl/N-ethyl adjacent to an activating group) is 1. The van der Waals surface area contributed by atoms with Crippen molar-refractivity contribution in [3.8, 4) is 5.75 Å². The van der Waals surface area contributed by atoms with Crippen LogP contribution in [0.5, 0.6) is 5.75 Å². The molecule has 0 bridgehead atoms. The molecule has 152 valence electrons. The average Bonchev–Trinajstić information content (AvgIpc) is 3.10. The third kappa shape index (κ3) is 5.44.